The number of carbonyl (C=O) groups excluding carboxylic acids is 1. The molecule has 0 radical (unpaired) electrons. The van der Waals surface area contributed by atoms with Crippen LogP contribution in [0, 0.1) is 6.07 Å². The van der Waals surface area contributed by atoms with Gasteiger partial charge in [0, 0.05) is 0 Å². The van der Waals surface area contributed by atoms with Crippen molar-refractivity contribution in [3.05, 3.63) is 59.7 Å². The van der Waals surface area contributed by atoms with Crippen LogP contribution in [0.1, 0.15) is 15.9 Å². The third-order valence-corrected chi connectivity index (χ3v) is 2.55. The molecule has 1 aliphatic carbocycles. The number of benzene rings is 2. The first-order chi connectivity index (χ1) is 7.88. The van der Waals surface area contributed by atoms with E-state index in [1.165, 1.54) is 0 Å². The first kappa shape index (κ1) is 11.5. The van der Waals surface area contributed by atoms with Crippen LogP contribution in [0.4, 0.5) is 0 Å². The number of hydrogen-bond donors (Lipinski definition) is 0. The van der Waals surface area contributed by atoms with E-state index in [-0.39, 0.29) is 5.78 Å². The number of fused-ring (bicyclic) bond motifs is 3. The van der Waals surface area contributed by atoms with Crippen LogP contribution in [0.2, 0.25) is 0 Å². The average molecular weight is 280 g/mol. The van der Waals surface area contributed by atoms with Gasteiger partial charge in [0.2, 0.25) is 0 Å². The van der Waals surface area contributed by atoms with Crippen molar-refractivity contribution in [3.8, 4) is 11.1 Å². The van der Waals surface area contributed by atoms with Gasteiger partial charge in [0.25, 0.3) is 0 Å². The summed E-state index contributed by atoms with van der Waals surface area (Å²) in [7, 11) is 4.76. The van der Waals surface area contributed by atoms with E-state index >= 15 is 0 Å². The second kappa shape index (κ2) is 4.90. The van der Waals surface area contributed by atoms with E-state index in [1.807, 2.05) is 36.4 Å². The second-order valence-corrected chi connectivity index (χ2v) is 3.33. The zero-order valence-electron chi connectivity index (χ0n) is 8.53. The van der Waals surface area contributed by atoms with Gasteiger partial charge in [0.15, 0.2) is 0 Å². The Labute approximate surface area is 108 Å². The van der Waals surface area contributed by atoms with Gasteiger partial charge in [-0.25, -0.2) is 0 Å². The zero-order valence-corrected chi connectivity index (χ0v) is 12.3. The fraction of sp³-hybridized carbons (Fsp3) is 0. The van der Waals surface area contributed by atoms with E-state index in [9.17, 15) is 4.79 Å². The molecule has 0 amide bonds. The molecule has 0 fully saturated rings. The summed E-state index contributed by atoms with van der Waals surface area (Å²) in [6, 6.07) is 16.3. The summed E-state index contributed by atoms with van der Waals surface area (Å²) >= 11 is 0.847. The van der Waals surface area contributed by atoms with Crippen LogP contribution in [0.5, 0.6) is 0 Å². The average Bonchev–Trinajstić information content (AvgIpc) is 2.67. The zero-order chi connectivity index (χ0) is 11.5. The molecule has 0 bridgehead atoms. The van der Waals surface area contributed by atoms with Gasteiger partial charge in [-0.05, 0) is 5.56 Å². The molecule has 0 spiro atoms. The van der Waals surface area contributed by atoms with E-state index < -0.39 is 0 Å². The summed E-state index contributed by atoms with van der Waals surface area (Å²) < 4.78 is 0. The Morgan fingerprint density at radius 2 is 1.56 bits per heavy atom. The molecule has 74 valence electrons. The molecule has 1 aliphatic rings. The molecule has 0 unspecified atom stereocenters. The van der Waals surface area contributed by atoms with Crippen molar-refractivity contribution < 1.29 is 22.1 Å². The second-order valence-electron chi connectivity index (χ2n) is 3.33. The molecule has 3 rings (SSSR count). The van der Waals surface area contributed by atoms with Crippen LogP contribution >= 0.6 is 9.69 Å². The Hall–Kier alpha value is -0.977. The molecule has 0 atom stereocenters. The van der Waals surface area contributed by atoms with E-state index in [0.717, 1.165) is 34.0 Å². The van der Waals surface area contributed by atoms with Crippen molar-refractivity contribution in [2.24, 2.45) is 0 Å². The Bertz CT molecular complexity index is 489. The van der Waals surface area contributed by atoms with E-state index in [1.54, 1.807) is 6.07 Å². The Kier molecular flexibility index (Phi) is 3.53. The molecule has 3 heteroatoms. The number of halogens is 1. The summed E-state index contributed by atoms with van der Waals surface area (Å²) in [6.45, 7) is 0. The topological polar surface area (TPSA) is 17.1 Å². The van der Waals surface area contributed by atoms with Gasteiger partial charge in [-0.1, -0.05) is 41.0 Å². The minimum atomic E-state index is 0.0937. The molecule has 1 nitrogen and oxygen atoms in total. The molecule has 0 aromatic heterocycles. The van der Waals surface area contributed by atoms with Crippen LogP contribution in [0.15, 0.2) is 42.5 Å². The first-order valence-electron chi connectivity index (χ1n) is 4.79. The van der Waals surface area contributed by atoms with Gasteiger partial charge < -0.3 is 4.79 Å². The summed E-state index contributed by atoms with van der Waals surface area (Å²) in [4.78, 5) is 11.9. The third kappa shape index (κ3) is 1.73. The molecule has 0 saturated heterocycles. The van der Waals surface area contributed by atoms with Gasteiger partial charge in [-0.3, -0.25) is 0 Å². The summed E-state index contributed by atoms with van der Waals surface area (Å²) in [5, 5.41) is 0. The molecule has 0 aliphatic heterocycles. The molecule has 2 aromatic rings. The molecular weight excluding hydrogens is 273 g/mol. The predicted octanol–water partition coefficient (Wildman–Crippen LogP) is 3.39. The maximum atomic E-state index is 11.9. The Morgan fingerprint density at radius 1 is 0.938 bits per heavy atom. The van der Waals surface area contributed by atoms with Crippen molar-refractivity contribution in [1.29, 1.82) is 0 Å². The normalized spacial score (nSPS) is 11.3. The van der Waals surface area contributed by atoms with Crippen LogP contribution in [0.25, 0.3) is 11.1 Å². The fourth-order valence-electron chi connectivity index (χ4n) is 1.90. The summed E-state index contributed by atoms with van der Waals surface area (Å²) in [5.74, 6) is 0.0937. The van der Waals surface area contributed by atoms with Crippen LogP contribution in [0.3, 0.4) is 0 Å². The van der Waals surface area contributed by atoms with Gasteiger partial charge in [-0.2, -0.15) is 0 Å². The third-order valence-electron chi connectivity index (χ3n) is 2.55. The number of hydrogen-bond acceptors (Lipinski definition) is 1. The van der Waals surface area contributed by atoms with Crippen molar-refractivity contribution in [2.45, 2.75) is 0 Å². The predicted molar refractivity (Wildman–Crippen MR) is 60.0 cm³/mol. The maximum absolute atomic E-state index is 11.9. The Balaban J connectivity index is 0.000000457. The molecule has 2 aromatic carbocycles. The quantitative estimate of drug-likeness (QED) is 0.455. The minimum absolute atomic E-state index is 0.0937. The Morgan fingerprint density at radius 3 is 2.31 bits per heavy atom. The molecule has 0 saturated carbocycles. The van der Waals surface area contributed by atoms with Crippen molar-refractivity contribution in [3.63, 3.8) is 0 Å². The van der Waals surface area contributed by atoms with Crippen molar-refractivity contribution >= 4 is 15.5 Å². The van der Waals surface area contributed by atoms with E-state index in [2.05, 4.69) is 6.07 Å². The molecule has 16 heavy (non-hydrogen) atoms. The molecule has 0 N–H and O–H groups in total. The monoisotopic (exact) mass is 278 g/mol. The molecule has 0 heterocycles. The van der Waals surface area contributed by atoms with Crippen molar-refractivity contribution in [1.82, 2.24) is 0 Å². The van der Waals surface area contributed by atoms with Crippen LogP contribution in [-0.2, 0) is 17.3 Å². The van der Waals surface area contributed by atoms with Gasteiger partial charge in [0.1, 0.15) is 5.78 Å². The SMILES string of the molecule is O=C1c2[c-]cccc2-c2ccccc21.[Cl][Zn+]. The fourth-order valence-corrected chi connectivity index (χ4v) is 1.90. The molecular formula is C13H7ClOZn. The van der Waals surface area contributed by atoms with Crippen LogP contribution in [-0.4, -0.2) is 5.78 Å². The van der Waals surface area contributed by atoms with Crippen LogP contribution < -0.4 is 0 Å². The number of carbonyl (C=O) groups is 1. The van der Waals surface area contributed by atoms with Gasteiger partial charge >= 0.3 is 27.0 Å². The van der Waals surface area contributed by atoms with Gasteiger partial charge in [-0.15, -0.1) is 24.3 Å². The summed E-state index contributed by atoms with van der Waals surface area (Å²) in [5.41, 5.74) is 3.54. The first-order valence-corrected chi connectivity index (χ1v) is 8.69. The number of ketones is 1. The van der Waals surface area contributed by atoms with Gasteiger partial charge in [0.05, 0.1) is 0 Å². The standard InChI is InChI=1S/C13H7O.ClH.Zn/c14-13-11-7-3-1-5-9(11)10-6-2-4-8-12(10)13;;/h1-7H;1H;/q-1;;+2/p-1. The van der Waals surface area contributed by atoms with E-state index in [4.69, 9.17) is 9.69 Å². The van der Waals surface area contributed by atoms with E-state index in [0.29, 0.717) is 5.56 Å². The van der Waals surface area contributed by atoms with Crippen molar-refractivity contribution in [2.75, 3.05) is 0 Å². The summed E-state index contributed by atoms with van der Waals surface area (Å²) in [6.07, 6.45) is 0. The number of rotatable bonds is 0.